The lowest BCUT2D eigenvalue weighted by Crippen LogP contribution is -2.40. The number of aryl methyl sites for hydroxylation is 1. The number of carbonyl (C=O) groups excluding carboxylic acids is 1. The number of aromatic amines is 2. The number of piperidine rings is 1. The van der Waals surface area contributed by atoms with Crippen molar-refractivity contribution in [1.82, 2.24) is 19.9 Å². The van der Waals surface area contributed by atoms with Gasteiger partial charge in [-0.25, -0.2) is 4.98 Å². The molecular formula is C20H22N4O2. The summed E-state index contributed by atoms with van der Waals surface area (Å²) in [7, 11) is 0. The van der Waals surface area contributed by atoms with Crippen molar-refractivity contribution in [2.24, 2.45) is 5.92 Å². The van der Waals surface area contributed by atoms with E-state index < -0.39 is 0 Å². The van der Waals surface area contributed by atoms with Crippen LogP contribution in [0.1, 0.15) is 34.7 Å². The van der Waals surface area contributed by atoms with Crippen LogP contribution in [0, 0.1) is 12.8 Å². The number of hydrogen-bond acceptors (Lipinski definition) is 3. The number of amides is 1. The average Bonchev–Trinajstić information content (AvgIpc) is 3.04. The summed E-state index contributed by atoms with van der Waals surface area (Å²) in [6.45, 7) is 3.16. The highest BCUT2D eigenvalue weighted by Gasteiger charge is 2.25. The molecule has 4 rings (SSSR count). The Morgan fingerprint density at radius 3 is 2.77 bits per heavy atom. The van der Waals surface area contributed by atoms with Crippen LogP contribution < -0.4 is 5.43 Å². The van der Waals surface area contributed by atoms with Crippen molar-refractivity contribution in [3.8, 4) is 0 Å². The van der Waals surface area contributed by atoms with Crippen LogP contribution in [0.3, 0.4) is 0 Å². The quantitative estimate of drug-likeness (QED) is 0.762. The first kappa shape index (κ1) is 16.6. The third-order valence-corrected chi connectivity index (χ3v) is 5.11. The maximum atomic E-state index is 12.6. The van der Waals surface area contributed by atoms with E-state index in [2.05, 4.69) is 15.0 Å². The Labute approximate surface area is 151 Å². The Morgan fingerprint density at radius 2 is 2.04 bits per heavy atom. The lowest BCUT2D eigenvalue weighted by molar-refractivity contribution is 0.0688. The second-order valence-electron chi connectivity index (χ2n) is 7.03. The van der Waals surface area contributed by atoms with Crippen molar-refractivity contribution in [2.45, 2.75) is 26.2 Å². The summed E-state index contributed by atoms with van der Waals surface area (Å²) in [5, 5.41) is 0. The molecule has 1 amide bonds. The van der Waals surface area contributed by atoms with E-state index >= 15 is 0 Å². The third kappa shape index (κ3) is 3.27. The van der Waals surface area contributed by atoms with Gasteiger partial charge < -0.3 is 14.9 Å². The maximum Gasteiger partial charge on any atom is 0.259 e. The van der Waals surface area contributed by atoms with Crippen LogP contribution in [-0.4, -0.2) is 38.8 Å². The van der Waals surface area contributed by atoms with Gasteiger partial charge in [-0.05, 0) is 37.8 Å². The van der Waals surface area contributed by atoms with E-state index in [1.54, 1.807) is 11.8 Å². The minimum Gasteiger partial charge on any atom is -0.364 e. The molecule has 0 atom stereocenters. The van der Waals surface area contributed by atoms with E-state index in [0.29, 0.717) is 19.0 Å². The molecule has 0 saturated carbocycles. The van der Waals surface area contributed by atoms with E-state index in [0.717, 1.165) is 41.8 Å². The second kappa shape index (κ2) is 6.78. The Kier molecular flexibility index (Phi) is 4.32. The minimum absolute atomic E-state index is 0.173. The molecule has 0 radical (unpaired) electrons. The van der Waals surface area contributed by atoms with E-state index in [4.69, 9.17) is 0 Å². The number of para-hydroxylation sites is 2. The molecule has 2 aromatic heterocycles. The summed E-state index contributed by atoms with van der Waals surface area (Å²) in [5.41, 5.74) is 2.83. The molecule has 1 aromatic carbocycles. The number of imidazole rings is 1. The summed E-state index contributed by atoms with van der Waals surface area (Å²) in [4.78, 5) is 37.4. The SMILES string of the molecule is Cc1cc(=O)c(C(=O)N2CCC(Cc3nc4ccccc4[nH]3)CC2)c[nH]1. The number of nitrogens with zero attached hydrogens (tertiary/aromatic N) is 2. The molecule has 1 aliphatic heterocycles. The molecule has 3 heterocycles. The van der Waals surface area contributed by atoms with Crippen molar-refractivity contribution in [2.75, 3.05) is 13.1 Å². The monoisotopic (exact) mass is 350 g/mol. The zero-order chi connectivity index (χ0) is 18.1. The zero-order valence-corrected chi connectivity index (χ0v) is 14.8. The summed E-state index contributed by atoms with van der Waals surface area (Å²) in [6.07, 6.45) is 4.27. The zero-order valence-electron chi connectivity index (χ0n) is 14.8. The molecule has 0 unspecified atom stereocenters. The predicted molar refractivity (Wildman–Crippen MR) is 100 cm³/mol. The summed E-state index contributed by atoms with van der Waals surface area (Å²) >= 11 is 0. The highest BCUT2D eigenvalue weighted by molar-refractivity contribution is 5.93. The maximum absolute atomic E-state index is 12.6. The minimum atomic E-state index is -0.212. The number of benzene rings is 1. The smallest absolute Gasteiger partial charge is 0.259 e. The number of pyridine rings is 1. The van der Waals surface area contributed by atoms with Crippen LogP contribution in [0.25, 0.3) is 11.0 Å². The van der Waals surface area contributed by atoms with Gasteiger partial charge >= 0.3 is 0 Å². The fourth-order valence-corrected chi connectivity index (χ4v) is 3.63. The Bertz CT molecular complexity index is 963. The molecule has 0 aliphatic carbocycles. The highest BCUT2D eigenvalue weighted by Crippen LogP contribution is 2.22. The van der Waals surface area contributed by atoms with Crippen LogP contribution >= 0.6 is 0 Å². The van der Waals surface area contributed by atoms with E-state index in [9.17, 15) is 9.59 Å². The van der Waals surface area contributed by atoms with Gasteiger partial charge in [0, 0.05) is 37.5 Å². The second-order valence-corrected chi connectivity index (χ2v) is 7.03. The van der Waals surface area contributed by atoms with Gasteiger partial charge in [0.15, 0.2) is 5.43 Å². The molecule has 1 aliphatic rings. The van der Waals surface area contributed by atoms with Gasteiger partial charge in [-0.3, -0.25) is 9.59 Å². The Morgan fingerprint density at radius 1 is 1.27 bits per heavy atom. The Balaban J connectivity index is 1.39. The lowest BCUT2D eigenvalue weighted by atomic mass is 9.93. The van der Waals surface area contributed by atoms with Gasteiger partial charge in [0.25, 0.3) is 5.91 Å². The molecule has 6 heteroatoms. The topological polar surface area (TPSA) is 81.8 Å². The number of carbonyl (C=O) groups is 1. The number of aromatic nitrogens is 3. The van der Waals surface area contributed by atoms with Gasteiger partial charge in [-0.15, -0.1) is 0 Å². The molecule has 2 N–H and O–H groups in total. The standard InChI is InChI=1S/C20H22N4O2/c1-13-10-18(25)15(12-21-13)20(26)24-8-6-14(7-9-24)11-19-22-16-4-2-3-5-17(16)23-19/h2-5,10,12,14H,6-9,11H2,1H3,(H,21,25)(H,22,23). The number of likely N-dealkylation sites (tertiary alicyclic amines) is 1. The molecule has 134 valence electrons. The van der Waals surface area contributed by atoms with E-state index in [1.807, 2.05) is 24.3 Å². The molecule has 6 nitrogen and oxygen atoms in total. The first-order chi connectivity index (χ1) is 12.6. The average molecular weight is 350 g/mol. The summed E-state index contributed by atoms with van der Waals surface area (Å²) in [5.74, 6) is 1.33. The van der Waals surface area contributed by atoms with Crippen LogP contribution in [0.5, 0.6) is 0 Å². The normalized spacial score (nSPS) is 15.5. The first-order valence-corrected chi connectivity index (χ1v) is 9.02. The van der Waals surface area contributed by atoms with Gasteiger partial charge in [-0.2, -0.15) is 0 Å². The van der Waals surface area contributed by atoms with Gasteiger partial charge in [-0.1, -0.05) is 12.1 Å². The van der Waals surface area contributed by atoms with E-state index in [-0.39, 0.29) is 16.9 Å². The van der Waals surface area contributed by atoms with Crippen molar-refractivity contribution < 1.29 is 4.79 Å². The van der Waals surface area contributed by atoms with E-state index in [1.165, 1.54) is 12.3 Å². The largest absolute Gasteiger partial charge is 0.364 e. The van der Waals surface area contributed by atoms with Crippen LogP contribution in [-0.2, 0) is 6.42 Å². The number of rotatable bonds is 3. The molecule has 1 saturated heterocycles. The molecule has 1 fully saturated rings. The number of nitrogens with one attached hydrogen (secondary N) is 2. The fourth-order valence-electron chi connectivity index (χ4n) is 3.63. The van der Waals surface area contributed by atoms with Crippen molar-refractivity contribution in [1.29, 1.82) is 0 Å². The third-order valence-electron chi connectivity index (χ3n) is 5.11. The molecule has 0 bridgehead atoms. The molecule has 26 heavy (non-hydrogen) atoms. The summed E-state index contributed by atoms with van der Waals surface area (Å²) in [6, 6.07) is 9.51. The van der Waals surface area contributed by atoms with Crippen molar-refractivity contribution >= 4 is 16.9 Å². The summed E-state index contributed by atoms with van der Waals surface area (Å²) < 4.78 is 0. The van der Waals surface area contributed by atoms with Gasteiger partial charge in [0.2, 0.25) is 0 Å². The van der Waals surface area contributed by atoms with Crippen molar-refractivity contribution in [3.63, 3.8) is 0 Å². The van der Waals surface area contributed by atoms with Crippen molar-refractivity contribution in [3.05, 3.63) is 63.8 Å². The highest BCUT2D eigenvalue weighted by atomic mass is 16.2. The molecule has 3 aromatic rings. The lowest BCUT2D eigenvalue weighted by Gasteiger charge is -2.31. The van der Waals surface area contributed by atoms with Crippen LogP contribution in [0.15, 0.2) is 41.3 Å². The van der Waals surface area contributed by atoms with Crippen LogP contribution in [0.4, 0.5) is 0 Å². The Hall–Kier alpha value is -2.89. The first-order valence-electron chi connectivity index (χ1n) is 9.02. The van der Waals surface area contributed by atoms with Gasteiger partial charge in [0.05, 0.1) is 11.0 Å². The van der Waals surface area contributed by atoms with Crippen LogP contribution in [0.2, 0.25) is 0 Å². The fraction of sp³-hybridized carbons (Fsp3) is 0.350. The molecule has 0 spiro atoms. The van der Waals surface area contributed by atoms with Gasteiger partial charge in [0.1, 0.15) is 11.4 Å². The molecular weight excluding hydrogens is 328 g/mol. The number of H-pyrrole nitrogens is 2. The predicted octanol–water partition coefficient (Wildman–Crippen LogP) is 2.65. The number of hydrogen-bond donors (Lipinski definition) is 2. The number of fused-ring (bicyclic) bond motifs is 1.